The first-order valence-corrected chi connectivity index (χ1v) is 9.41. The predicted octanol–water partition coefficient (Wildman–Crippen LogP) is 3.65. The van der Waals surface area contributed by atoms with Crippen LogP contribution in [0.2, 0.25) is 0 Å². The number of benzene rings is 2. The molecule has 2 aromatic rings. The number of carboxylic acids is 1. The van der Waals surface area contributed by atoms with Gasteiger partial charge in [0.05, 0.1) is 12.4 Å². The molecule has 5 nitrogen and oxygen atoms in total. The van der Waals surface area contributed by atoms with E-state index in [9.17, 15) is 9.59 Å². The first kappa shape index (κ1) is 19.8. The summed E-state index contributed by atoms with van der Waals surface area (Å²) in [5.74, 6) is 0.249. The number of hydrogen-bond acceptors (Lipinski definition) is 4. The van der Waals surface area contributed by atoms with Crippen LogP contribution in [0, 0.1) is 6.92 Å². The molecule has 0 aliphatic carbocycles. The molecule has 0 fully saturated rings. The fourth-order valence-corrected chi connectivity index (χ4v) is 2.88. The second kappa shape index (κ2) is 10.5. The van der Waals surface area contributed by atoms with Gasteiger partial charge in [0.1, 0.15) is 5.75 Å². The number of aliphatic carboxylic acids is 1. The summed E-state index contributed by atoms with van der Waals surface area (Å²) in [6.07, 6.45) is 0.580. The molecule has 0 aliphatic rings. The quantitative estimate of drug-likeness (QED) is 0.491. The Balaban J connectivity index is 1.67. The number of nitrogens with one attached hydrogen (secondary N) is 1. The Morgan fingerprint density at radius 3 is 2.42 bits per heavy atom. The lowest BCUT2D eigenvalue weighted by Gasteiger charge is -2.08. The van der Waals surface area contributed by atoms with Gasteiger partial charge in [-0.25, -0.2) is 0 Å². The Labute approximate surface area is 157 Å². The third kappa shape index (κ3) is 7.61. The molecule has 0 radical (unpaired) electrons. The molecule has 0 heterocycles. The van der Waals surface area contributed by atoms with Gasteiger partial charge in [0.25, 0.3) is 0 Å². The maximum absolute atomic E-state index is 11.9. The average Bonchev–Trinajstić information content (AvgIpc) is 2.64. The summed E-state index contributed by atoms with van der Waals surface area (Å²) < 4.78 is 5.48. The van der Waals surface area contributed by atoms with Gasteiger partial charge < -0.3 is 15.2 Å². The maximum atomic E-state index is 11.9. The number of ether oxygens (including phenoxy) is 1. The van der Waals surface area contributed by atoms with E-state index >= 15 is 0 Å². The van der Waals surface area contributed by atoms with E-state index in [1.54, 1.807) is 0 Å². The number of rotatable bonds is 10. The SMILES string of the molecule is Cc1ccc(SCC(=O)NCc2ccc(OCCCC(=O)O)cc2)cc1. The van der Waals surface area contributed by atoms with Crippen molar-refractivity contribution in [2.45, 2.75) is 31.2 Å². The number of hydrogen-bond donors (Lipinski definition) is 2. The molecular weight excluding hydrogens is 350 g/mol. The summed E-state index contributed by atoms with van der Waals surface area (Å²) in [6, 6.07) is 15.5. The van der Waals surface area contributed by atoms with E-state index in [1.807, 2.05) is 55.5 Å². The zero-order valence-corrected chi connectivity index (χ0v) is 15.6. The first-order valence-electron chi connectivity index (χ1n) is 8.42. The van der Waals surface area contributed by atoms with E-state index in [-0.39, 0.29) is 12.3 Å². The van der Waals surface area contributed by atoms with E-state index < -0.39 is 5.97 Å². The number of thioether (sulfide) groups is 1. The minimum atomic E-state index is -0.819. The van der Waals surface area contributed by atoms with Gasteiger partial charge in [-0.3, -0.25) is 9.59 Å². The summed E-state index contributed by atoms with van der Waals surface area (Å²) in [6.45, 7) is 2.87. The van der Waals surface area contributed by atoms with Crippen molar-refractivity contribution in [1.82, 2.24) is 5.32 Å². The number of carbonyl (C=O) groups is 2. The fourth-order valence-electron chi connectivity index (χ4n) is 2.15. The van der Waals surface area contributed by atoms with Crippen LogP contribution in [0.25, 0.3) is 0 Å². The maximum Gasteiger partial charge on any atom is 0.303 e. The molecule has 0 bridgehead atoms. The van der Waals surface area contributed by atoms with Crippen LogP contribution in [-0.2, 0) is 16.1 Å². The van der Waals surface area contributed by atoms with Crippen LogP contribution in [0.3, 0.4) is 0 Å². The molecule has 0 unspecified atom stereocenters. The van der Waals surface area contributed by atoms with Gasteiger partial charge in [0.2, 0.25) is 5.91 Å². The first-order chi connectivity index (χ1) is 12.5. The Bertz CT molecular complexity index is 714. The van der Waals surface area contributed by atoms with Crippen molar-refractivity contribution < 1.29 is 19.4 Å². The van der Waals surface area contributed by atoms with E-state index in [0.717, 1.165) is 10.5 Å². The lowest BCUT2D eigenvalue weighted by molar-refractivity contribution is -0.137. The summed E-state index contributed by atoms with van der Waals surface area (Å²) >= 11 is 1.51. The van der Waals surface area contributed by atoms with Crippen LogP contribution < -0.4 is 10.1 Å². The van der Waals surface area contributed by atoms with Gasteiger partial charge in [-0.2, -0.15) is 0 Å². The van der Waals surface area contributed by atoms with Crippen LogP contribution in [0.1, 0.15) is 24.0 Å². The molecule has 2 N–H and O–H groups in total. The molecule has 26 heavy (non-hydrogen) atoms. The smallest absolute Gasteiger partial charge is 0.303 e. The third-order valence-electron chi connectivity index (χ3n) is 3.61. The highest BCUT2D eigenvalue weighted by Gasteiger charge is 2.04. The largest absolute Gasteiger partial charge is 0.494 e. The summed E-state index contributed by atoms with van der Waals surface area (Å²) in [7, 11) is 0. The number of carboxylic acid groups (broad SMARTS) is 1. The van der Waals surface area contributed by atoms with E-state index in [0.29, 0.717) is 31.1 Å². The van der Waals surface area contributed by atoms with Crippen molar-refractivity contribution in [3.8, 4) is 5.75 Å². The Morgan fingerprint density at radius 2 is 1.77 bits per heavy atom. The van der Waals surface area contributed by atoms with Gasteiger partial charge in [0, 0.05) is 17.9 Å². The van der Waals surface area contributed by atoms with Crippen LogP contribution in [0.15, 0.2) is 53.4 Å². The number of amides is 1. The predicted molar refractivity (Wildman–Crippen MR) is 103 cm³/mol. The molecule has 6 heteroatoms. The second-order valence-corrected chi connectivity index (χ2v) is 6.92. The van der Waals surface area contributed by atoms with Crippen LogP contribution in [-0.4, -0.2) is 29.3 Å². The summed E-state index contributed by atoms with van der Waals surface area (Å²) in [5.41, 5.74) is 2.18. The van der Waals surface area contributed by atoms with Crippen molar-refractivity contribution in [3.63, 3.8) is 0 Å². The van der Waals surface area contributed by atoms with Crippen molar-refractivity contribution in [3.05, 3.63) is 59.7 Å². The zero-order valence-electron chi connectivity index (χ0n) is 14.7. The number of carbonyl (C=O) groups excluding carboxylic acids is 1. The summed E-state index contributed by atoms with van der Waals surface area (Å²) in [4.78, 5) is 23.5. The van der Waals surface area contributed by atoms with Gasteiger partial charge in [0.15, 0.2) is 0 Å². The van der Waals surface area contributed by atoms with Gasteiger partial charge in [-0.1, -0.05) is 29.8 Å². The Morgan fingerprint density at radius 1 is 1.08 bits per heavy atom. The van der Waals surface area contributed by atoms with Crippen molar-refractivity contribution in [1.29, 1.82) is 0 Å². The topological polar surface area (TPSA) is 75.6 Å². The van der Waals surface area contributed by atoms with Crippen molar-refractivity contribution >= 4 is 23.6 Å². The monoisotopic (exact) mass is 373 g/mol. The minimum Gasteiger partial charge on any atom is -0.494 e. The third-order valence-corrected chi connectivity index (χ3v) is 4.62. The highest BCUT2D eigenvalue weighted by Crippen LogP contribution is 2.18. The lowest BCUT2D eigenvalue weighted by atomic mass is 10.2. The minimum absolute atomic E-state index is 0.00966. The van der Waals surface area contributed by atoms with Gasteiger partial charge in [-0.05, 0) is 43.2 Å². The zero-order chi connectivity index (χ0) is 18.8. The van der Waals surface area contributed by atoms with E-state index in [4.69, 9.17) is 9.84 Å². The van der Waals surface area contributed by atoms with E-state index in [2.05, 4.69) is 5.32 Å². The number of aryl methyl sites for hydroxylation is 1. The molecular formula is C20H23NO4S. The summed E-state index contributed by atoms with van der Waals surface area (Å²) in [5, 5.41) is 11.5. The standard InChI is InChI=1S/C20H23NO4S/c1-15-4-10-18(11-5-15)26-14-19(22)21-13-16-6-8-17(9-7-16)25-12-2-3-20(23)24/h4-11H,2-3,12-14H2,1H3,(H,21,22)(H,23,24). The molecule has 138 valence electrons. The Kier molecular flexibility index (Phi) is 8.02. The Hall–Kier alpha value is -2.47. The van der Waals surface area contributed by atoms with Gasteiger partial charge in [-0.15, -0.1) is 11.8 Å². The van der Waals surface area contributed by atoms with Crippen LogP contribution >= 0.6 is 11.8 Å². The van der Waals surface area contributed by atoms with Gasteiger partial charge >= 0.3 is 5.97 Å². The molecule has 1 amide bonds. The average molecular weight is 373 g/mol. The molecule has 2 rings (SSSR count). The van der Waals surface area contributed by atoms with Crippen LogP contribution in [0.4, 0.5) is 0 Å². The lowest BCUT2D eigenvalue weighted by Crippen LogP contribution is -2.24. The molecule has 0 aromatic heterocycles. The molecule has 0 aliphatic heterocycles. The second-order valence-electron chi connectivity index (χ2n) is 5.87. The van der Waals surface area contributed by atoms with Crippen LogP contribution in [0.5, 0.6) is 5.75 Å². The normalized spacial score (nSPS) is 10.3. The molecule has 0 saturated heterocycles. The molecule has 2 aromatic carbocycles. The molecule has 0 saturated carbocycles. The highest BCUT2D eigenvalue weighted by atomic mass is 32.2. The molecule has 0 spiro atoms. The highest BCUT2D eigenvalue weighted by molar-refractivity contribution is 8.00. The molecule has 0 atom stereocenters. The van der Waals surface area contributed by atoms with Crippen molar-refractivity contribution in [2.75, 3.05) is 12.4 Å². The van der Waals surface area contributed by atoms with E-state index in [1.165, 1.54) is 17.3 Å². The fraction of sp³-hybridized carbons (Fsp3) is 0.300. The van der Waals surface area contributed by atoms with Crippen molar-refractivity contribution in [2.24, 2.45) is 0 Å².